The molecule has 0 amide bonds. The van der Waals surface area contributed by atoms with Crippen LogP contribution in [0.4, 0.5) is 0 Å². The number of aliphatic hydroxyl groups excluding tert-OH is 1. The summed E-state index contributed by atoms with van der Waals surface area (Å²) >= 11 is 7.52. The molecule has 2 heterocycles. The maximum atomic E-state index is 10.6. The van der Waals surface area contributed by atoms with Crippen molar-refractivity contribution in [3.63, 3.8) is 0 Å². The highest BCUT2D eigenvalue weighted by Gasteiger charge is 2.40. The lowest BCUT2D eigenvalue weighted by Crippen LogP contribution is -2.42. The van der Waals surface area contributed by atoms with Crippen molar-refractivity contribution in [3.05, 3.63) is 21.3 Å². The van der Waals surface area contributed by atoms with Crippen LogP contribution in [-0.4, -0.2) is 17.3 Å². The van der Waals surface area contributed by atoms with E-state index in [4.69, 9.17) is 16.3 Å². The quantitative estimate of drug-likeness (QED) is 0.867. The fourth-order valence-corrected chi connectivity index (χ4v) is 4.75. The van der Waals surface area contributed by atoms with Crippen LogP contribution in [0.3, 0.4) is 0 Å². The van der Waals surface area contributed by atoms with Crippen molar-refractivity contribution in [2.45, 2.75) is 56.7 Å². The minimum absolute atomic E-state index is 0.0587. The molecule has 1 spiro atoms. The summed E-state index contributed by atoms with van der Waals surface area (Å²) in [6.07, 6.45) is 7.80. The Balaban J connectivity index is 1.70. The van der Waals surface area contributed by atoms with E-state index in [0.29, 0.717) is 5.92 Å². The molecule has 1 saturated heterocycles. The molecule has 19 heavy (non-hydrogen) atoms. The molecule has 4 heteroatoms. The standard InChI is InChI=1S/C15H21ClO2S/c16-12-8-13(19-10-12)14(17)11-4-7-18-15(9-11)5-2-1-3-6-15/h8,10-11,14,17H,1-7,9H2. The van der Waals surface area contributed by atoms with E-state index in [1.165, 1.54) is 32.1 Å². The normalized spacial score (nSPS) is 28.4. The summed E-state index contributed by atoms with van der Waals surface area (Å²) in [5, 5.41) is 13.2. The first kappa shape index (κ1) is 13.9. The van der Waals surface area contributed by atoms with E-state index in [1.807, 2.05) is 11.4 Å². The van der Waals surface area contributed by atoms with E-state index in [2.05, 4.69) is 0 Å². The SMILES string of the molecule is OC(c1cc(Cl)cs1)C1CCOC2(CCCCC2)C1. The topological polar surface area (TPSA) is 29.5 Å². The fourth-order valence-electron chi connectivity index (χ4n) is 3.60. The lowest BCUT2D eigenvalue weighted by molar-refractivity contribution is -0.133. The molecule has 1 aromatic heterocycles. The number of aliphatic hydroxyl groups is 1. The van der Waals surface area contributed by atoms with Crippen molar-refractivity contribution >= 4 is 22.9 Å². The summed E-state index contributed by atoms with van der Waals surface area (Å²) in [7, 11) is 0. The first-order valence-electron chi connectivity index (χ1n) is 7.24. The van der Waals surface area contributed by atoms with Crippen LogP contribution in [0.2, 0.25) is 5.02 Å². The van der Waals surface area contributed by atoms with Gasteiger partial charge in [0.2, 0.25) is 0 Å². The van der Waals surface area contributed by atoms with Crippen LogP contribution in [0.5, 0.6) is 0 Å². The van der Waals surface area contributed by atoms with Crippen molar-refractivity contribution in [2.24, 2.45) is 5.92 Å². The number of hydrogen-bond donors (Lipinski definition) is 1. The van der Waals surface area contributed by atoms with E-state index in [0.717, 1.165) is 29.3 Å². The Bertz CT molecular complexity index is 420. The van der Waals surface area contributed by atoms with Gasteiger partial charge in [0.15, 0.2) is 0 Å². The van der Waals surface area contributed by atoms with Crippen LogP contribution in [0.15, 0.2) is 11.4 Å². The molecular formula is C15H21ClO2S. The zero-order chi connectivity index (χ0) is 13.3. The average molecular weight is 301 g/mol. The van der Waals surface area contributed by atoms with Gasteiger partial charge in [0.05, 0.1) is 16.7 Å². The highest BCUT2D eigenvalue weighted by atomic mass is 35.5. The van der Waals surface area contributed by atoms with Crippen molar-refractivity contribution in [1.82, 2.24) is 0 Å². The molecule has 0 radical (unpaired) electrons. The maximum absolute atomic E-state index is 10.6. The Labute approximate surface area is 123 Å². The number of hydrogen-bond acceptors (Lipinski definition) is 3. The van der Waals surface area contributed by atoms with Gasteiger partial charge in [0, 0.05) is 16.9 Å². The molecule has 0 bridgehead atoms. The third-order valence-corrected chi connectivity index (χ3v) is 5.97. The largest absolute Gasteiger partial charge is 0.387 e. The van der Waals surface area contributed by atoms with Crippen LogP contribution in [0.25, 0.3) is 0 Å². The number of thiophene rings is 1. The fraction of sp³-hybridized carbons (Fsp3) is 0.733. The molecule has 1 aromatic rings. The molecule has 1 N–H and O–H groups in total. The van der Waals surface area contributed by atoms with Gasteiger partial charge in [0.1, 0.15) is 0 Å². The highest BCUT2D eigenvalue weighted by molar-refractivity contribution is 7.10. The van der Waals surface area contributed by atoms with Gasteiger partial charge < -0.3 is 9.84 Å². The highest BCUT2D eigenvalue weighted by Crippen LogP contribution is 2.45. The minimum atomic E-state index is -0.375. The van der Waals surface area contributed by atoms with Crippen molar-refractivity contribution in [1.29, 1.82) is 0 Å². The van der Waals surface area contributed by atoms with Crippen molar-refractivity contribution < 1.29 is 9.84 Å². The summed E-state index contributed by atoms with van der Waals surface area (Å²) in [5.41, 5.74) is 0.0587. The predicted octanol–water partition coefficient (Wildman–Crippen LogP) is 4.56. The maximum Gasteiger partial charge on any atom is 0.0912 e. The molecule has 2 fully saturated rings. The van der Waals surface area contributed by atoms with Gasteiger partial charge in [-0.05, 0) is 37.7 Å². The molecule has 3 rings (SSSR count). The summed E-state index contributed by atoms with van der Waals surface area (Å²) in [4.78, 5) is 1.00. The summed E-state index contributed by atoms with van der Waals surface area (Å²) in [5.74, 6) is 0.321. The molecule has 106 valence electrons. The van der Waals surface area contributed by atoms with Crippen LogP contribution in [0, 0.1) is 5.92 Å². The third-order valence-electron chi connectivity index (χ3n) is 4.62. The second-order valence-corrected chi connectivity index (χ2v) is 7.34. The van der Waals surface area contributed by atoms with Gasteiger partial charge in [-0.15, -0.1) is 11.3 Å². The molecule has 1 aliphatic heterocycles. The molecule has 2 nitrogen and oxygen atoms in total. The summed E-state index contributed by atoms with van der Waals surface area (Å²) in [6.45, 7) is 0.792. The zero-order valence-electron chi connectivity index (χ0n) is 11.1. The van der Waals surface area contributed by atoms with E-state index in [-0.39, 0.29) is 11.7 Å². The molecule has 2 unspecified atom stereocenters. The number of rotatable bonds is 2. The Morgan fingerprint density at radius 2 is 2.16 bits per heavy atom. The lowest BCUT2D eigenvalue weighted by Gasteiger charge is -2.44. The molecule has 1 saturated carbocycles. The first-order chi connectivity index (χ1) is 9.19. The van der Waals surface area contributed by atoms with Crippen LogP contribution < -0.4 is 0 Å². The van der Waals surface area contributed by atoms with Gasteiger partial charge in [-0.25, -0.2) is 0 Å². The summed E-state index contributed by atoms with van der Waals surface area (Å²) < 4.78 is 6.09. The lowest BCUT2D eigenvalue weighted by atomic mass is 9.74. The zero-order valence-corrected chi connectivity index (χ0v) is 12.7. The third kappa shape index (κ3) is 2.99. The van der Waals surface area contributed by atoms with Gasteiger partial charge in [0.25, 0.3) is 0 Å². The van der Waals surface area contributed by atoms with E-state index in [1.54, 1.807) is 11.3 Å². The molecule has 2 aliphatic rings. The Morgan fingerprint density at radius 1 is 1.37 bits per heavy atom. The Kier molecular flexibility index (Phi) is 4.18. The average Bonchev–Trinajstić information content (AvgIpc) is 2.85. The molecule has 2 atom stereocenters. The van der Waals surface area contributed by atoms with Crippen LogP contribution in [-0.2, 0) is 4.74 Å². The van der Waals surface area contributed by atoms with Gasteiger partial charge in [-0.1, -0.05) is 30.9 Å². The van der Waals surface area contributed by atoms with Crippen LogP contribution >= 0.6 is 22.9 Å². The van der Waals surface area contributed by atoms with E-state index in [9.17, 15) is 5.11 Å². The minimum Gasteiger partial charge on any atom is -0.387 e. The number of ether oxygens (including phenoxy) is 1. The van der Waals surface area contributed by atoms with Crippen molar-refractivity contribution in [3.8, 4) is 0 Å². The second kappa shape index (κ2) is 5.72. The predicted molar refractivity (Wildman–Crippen MR) is 78.8 cm³/mol. The van der Waals surface area contributed by atoms with E-state index >= 15 is 0 Å². The molecular weight excluding hydrogens is 280 g/mol. The van der Waals surface area contributed by atoms with Gasteiger partial charge in [-0.2, -0.15) is 0 Å². The Morgan fingerprint density at radius 3 is 2.84 bits per heavy atom. The second-order valence-electron chi connectivity index (χ2n) is 5.96. The number of halogens is 1. The van der Waals surface area contributed by atoms with Crippen molar-refractivity contribution in [2.75, 3.05) is 6.61 Å². The molecule has 1 aliphatic carbocycles. The van der Waals surface area contributed by atoms with E-state index < -0.39 is 0 Å². The monoisotopic (exact) mass is 300 g/mol. The summed E-state index contributed by atoms with van der Waals surface area (Å²) in [6, 6.07) is 1.90. The Hall–Kier alpha value is -0.0900. The smallest absolute Gasteiger partial charge is 0.0912 e. The first-order valence-corrected chi connectivity index (χ1v) is 8.50. The van der Waals surface area contributed by atoms with Gasteiger partial charge >= 0.3 is 0 Å². The van der Waals surface area contributed by atoms with Crippen LogP contribution in [0.1, 0.15) is 55.9 Å². The van der Waals surface area contributed by atoms with Gasteiger partial charge in [-0.3, -0.25) is 0 Å². The molecule has 0 aromatic carbocycles.